The highest BCUT2D eigenvalue weighted by Crippen LogP contribution is 2.21. The predicted octanol–water partition coefficient (Wildman–Crippen LogP) is 3.71. The minimum absolute atomic E-state index is 0.611. The van der Waals surface area contributed by atoms with Gasteiger partial charge >= 0.3 is 0 Å². The lowest BCUT2D eigenvalue weighted by molar-refractivity contribution is 0.542. The zero-order valence-electron chi connectivity index (χ0n) is 10.00. The molecule has 0 aliphatic carbocycles. The highest BCUT2D eigenvalue weighted by Gasteiger charge is 2.05. The van der Waals surface area contributed by atoms with E-state index in [0.29, 0.717) is 5.89 Å². The van der Waals surface area contributed by atoms with Crippen LogP contribution in [0.4, 0.5) is 0 Å². The molecule has 0 spiro atoms. The Balaban J connectivity index is 1.94. The Hall–Kier alpha value is -2.42. The molecule has 0 fully saturated rings. The molecule has 3 rings (SSSR count). The maximum Gasteiger partial charge on any atom is 0.227 e. The van der Waals surface area contributed by atoms with Crippen molar-refractivity contribution in [2.45, 2.75) is 6.92 Å². The van der Waals surface area contributed by atoms with Gasteiger partial charge in [-0.05, 0) is 19.1 Å². The first-order valence-corrected chi connectivity index (χ1v) is 5.77. The van der Waals surface area contributed by atoms with E-state index in [1.54, 1.807) is 12.4 Å². The Kier molecular flexibility index (Phi) is 2.65. The molecule has 2 heterocycles. The largest absolute Gasteiger partial charge is 0.441 e. The fraction of sp³-hybridized carbons (Fsp3) is 0.0667. The Labute approximate surface area is 105 Å². The van der Waals surface area contributed by atoms with Gasteiger partial charge in [-0.15, -0.1) is 0 Å². The van der Waals surface area contributed by atoms with Crippen molar-refractivity contribution in [1.29, 1.82) is 0 Å². The van der Waals surface area contributed by atoms with Crippen LogP contribution >= 0.6 is 0 Å². The van der Waals surface area contributed by atoms with Crippen molar-refractivity contribution < 1.29 is 4.42 Å². The zero-order valence-corrected chi connectivity index (χ0v) is 10.00. The molecule has 0 atom stereocenters. The lowest BCUT2D eigenvalue weighted by Crippen LogP contribution is -1.84. The summed E-state index contributed by atoms with van der Waals surface area (Å²) in [4.78, 5) is 8.62. The molecule has 2 aromatic heterocycles. The molecular formula is C15H12N2O. The summed E-state index contributed by atoms with van der Waals surface area (Å²) in [5.41, 5.74) is 2.94. The van der Waals surface area contributed by atoms with Gasteiger partial charge in [0.1, 0.15) is 5.76 Å². The van der Waals surface area contributed by atoms with E-state index in [0.717, 1.165) is 22.6 Å². The molecule has 18 heavy (non-hydrogen) atoms. The Morgan fingerprint density at radius 1 is 0.833 bits per heavy atom. The number of rotatable bonds is 2. The Bertz CT molecular complexity index is 642. The SMILES string of the molecule is Cc1cnc(-c2ccc(-c3ccccc3)nc2)o1. The third kappa shape index (κ3) is 2.02. The summed E-state index contributed by atoms with van der Waals surface area (Å²) in [5.74, 6) is 1.41. The molecule has 0 amide bonds. The average Bonchev–Trinajstić information content (AvgIpc) is 2.87. The quantitative estimate of drug-likeness (QED) is 0.680. The van der Waals surface area contributed by atoms with Crippen LogP contribution in [0.1, 0.15) is 5.76 Å². The normalized spacial score (nSPS) is 10.5. The summed E-state index contributed by atoms with van der Waals surface area (Å²) in [6.45, 7) is 1.88. The van der Waals surface area contributed by atoms with Crippen molar-refractivity contribution in [3.8, 4) is 22.7 Å². The lowest BCUT2D eigenvalue weighted by Gasteiger charge is -2.01. The summed E-state index contributed by atoms with van der Waals surface area (Å²) < 4.78 is 5.46. The van der Waals surface area contributed by atoms with E-state index in [4.69, 9.17) is 4.42 Å². The van der Waals surface area contributed by atoms with Crippen LogP contribution in [0.3, 0.4) is 0 Å². The summed E-state index contributed by atoms with van der Waals surface area (Å²) in [6, 6.07) is 14.0. The smallest absolute Gasteiger partial charge is 0.227 e. The van der Waals surface area contributed by atoms with Crippen molar-refractivity contribution in [2.24, 2.45) is 0 Å². The number of benzene rings is 1. The van der Waals surface area contributed by atoms with Gasteiger partial charge in [0.15, 0.2) is 0 Å². The molecule has 0 N–H and O–H groups in total. The van der Waals surface area contributed by atoms with Gasteiger partial charge in [-0.3, -0.25) is 4.98 Å². The third-order valence-electron chi connectivity index (χ3n) is 2.70. The van der Waals surface area contributed by atoms with E-state index in [1.165, 1.54) is 0 Å². The first kappa shape index (κ1) is 10.7. The minimum atomic E-state index is 0.611. The third-order valence-corrected chi connectivity index (χ3v) is 2.70. The van der Waals surface area contributed by atoms with Gasteiger partial charge in [0.05, 0.1) is 17.5 Å². The van der Waals surface area contributed by atoms with Crippen LogP contribution in [0.15, 0.2) is 59.3 Å². The van der Waals surface area contributed by atoms with Crippen LogP contribution in [-0.4, -0.2) is 9.97 Å². The molecule has 3 heteroatoms. The second-order valence-electron chi connectivity index (χ2n) is 4.07. The summed E-state index contributed by atoms with van der Waals surface area (Å²) in [5, 5.41) is 0. The fourth-order valence-corrected chi connectivity index (χ4v) is 1.79. The number of nitrogens with zero attached hydrogens (tertiary/aromatic N) is 2. The second kappa shape index (κ2) is 4.45. The molecule has 3 nitrogen and oxygen atoms in total. The van der Waals surface area contributed by atoms with Gasteiger partial charge in [0.2, 0.25) is 5.89 Å². The summed E-state index contributed by atoms with van der Waals surface area (Å²) in [7, 11) is 0. The summed E-state index contributed by atoms with van der Waals surface area (Å²) in [6.07, 6.45) is 3.49. The first-order chi connectivity index (χ1) is 8.83. The van der Waals surface area contributed by atoms with Crippen LogP contribution in [-0.2, 0) is 0 Å². The average molecular weight is 236 g/mol. The van der Waals surface area contributed by atoms with Crippen molar-refractivity contribution in [3.63, 3.8) is 0 Å². The second-order valence-corrected chi connectivity index (χ2v) is 4.07. The molecule has 0 bridgehead atoms. The van der Waals surface area contributed by atoms with Crippen molar-refractivity contribution in [1.82, 2.24) is 9.97 Å². The molecule has 0 saturated heterocycles. The Morgan fingerprint density at radius 2 is 1.67 bits per heavy atom. The number of pyridine rings is 1. The minimum Gasteiger partial charge on any atom is -0.441 e. The number of hydrogen-bond donors (Lipinski definition) is 0. The molecule has 3 aromatic rings. The molecule has 0 saturated carbocycles. The number of aromatic nitrogens is 2. The lowest BCUT2D eigenvalue weighted by atomic mass is 10.1. The molecule has 0 radical (unpaired) electrons. The van der Waals surface area contributed by atoms with Crippen LogP contribution in [0.5, 0.6) is 0 Å². The molecule has 88 valence electrons. The molecule has 1 aromatic carbocycles. The van der Waals surface area contributed by atoms with Gasteiger partial charge in [-0.2, -0.15) is 0 Å². The molecule has 0 aliphatic heterocycles. The van der Waals surface area contributed by atoms with Crippen LogP contribution in [0, 0.1) is 6.92 Å². The molecule has 0 aliphatic rings. The topological polar surface area (TPSA) is 38.9 Å². The van der Waals surface area contributed by atoms with Gasteiger partial charge in [0, 0.05) is 11.8 Å². The maximum absolute atomic E-state index is 5.46. The number of aryl methyl sites for hydroxylation is 1. The monoisotopic (exact) mass is 236 g/mol. The highest BCUT2D eigenvalue weighted by atomic mass is 16.4. The van der Waals surface area contributed by atoms with E-state index < -0.39 is 0 Å². The standard InChI is InChI=1S/C15H12N2O/c1-11-9-17-15(18-11)13-7-8-14(16-10-13)12-5-3-2-4-6-12/h2-10H,1H3. The highest BCUT2D eigenvalue weighted by molar-refractivity contribution is 5.62. The van der Waals surface area contributed by atoms with Gasteiger partial charge < -0.3 is 4.42 Å². The number of oxazole rings is 1. The van der Waals surface area contributed by atoms with Crippen LogP contribution in [0.2, 0.25) is 0 Å². The predicted molar refractivity (Wildman–Crippen MR) is 69.9 cm³/mol. The van der Waals surface area contributed by atoms with E-state index in [2.05, 4.69) is 9.97 Å². The van der Waals surface area contributed by atoms with E-state index in [9.17, 15) is 0 Å². The maximum atomic E-state index is 5.46. The van der Waals surface area contributed by atoms with Crippen LogP contribution < -0.4 is 0 Å². The Morgan fingerprint density at radius 3 is 2.28 bits per heavy atom. The first-order valence-electron chi connectivity index (χ1n) is 5.77. The van der Waals surface area contributed by atoms with E-state index >= 15 is 0 Å². The summed E-state index contributed by atoms with van der Waals surface area (Å²) >= 11 is 0. The zero-order chi connectivity index (χ0) is 12.4. The van der Waals surface area contributed by atoms with Crippen molar-refractivity contribution in [3.05, 3.63) is 60.6 Å². The van der Waals surface area contributed by atoms with Crippen LogP contribution in [0.25, 0.3) is 22.7 Å². The van der Waals surface area contributed by atoms with Gasteiger partial charge in [-0.1, -0.05) is 30.3 Å². The molecule has 0 unspecified atom stereocenters. The van der Waals surface area contributed by atoms with E-state index in [-0.39, 0.29) is 0 Å². The van der Waals surface area contributed by atoms with E-state index in [1.807, 2.05) is 49.4 Å². The molecular weight excluding hydrogens is 224 g/mol. The van der Waals surface area contributed by atoms with Gasteiger partial charge in [-0.25, -0.2) is 4.98 Å². The number of hydrogen-bond acceptors (Lipinski definition) is 3. The fourth-order valence-electron chi connectivity index (χ4n) is 1.79. The van der Waals surface area contributed by atoms with Crippen molar-refractivity contribution >= 4 is 0 Å². The van der Waals surface area contributed by atoms with Crippen molar-refractivity contribution in [2.75, 3.05) is 0 Å². The van der Waals surface area contributed by atoms with Gasteiger partial charge in [0.25, 0.3) is 0 Å².